The molecule has 2 rings (SSSR count). The third-order valence-electron chi connectivity index (χ3n) is 3.68. The van der Waals surface area contributed by atoms with Crippen molar-refractivity contribution in [3.63, 3.8) is 0 Å². The molecule has 0 atom stereocenters. The minimum atomic E-state index is 0.0977. The quantitative estimate of drug-likeness (QED) is 0.433. The molecule has 0 amide bonds. The summed E-state index contributed by atoms with van der Waals surface area (Å²) in [6, 6.07) is 8.37. The minimum Gasteiger partial charge on any atom is -0.508 e. The summed E-state index contributed by atoms with van der Waals surface area (Å²) < 4.78 is 5.11. The molecule has 2 aromatic carbocycles. The largest absolute Gasteiger partial charge is 0.508 e. The van der Waals surface area contributed by atoms with Crippen LogP contribution in [0.4, 0.5) is 5.69 Å². The number of nitrogen functional groups attached to an aromatic ring is 1. The second-order valence-corrected chi connectivity index (χ2v) is 5.85. The van der Waals surface area contributed by atoms with Crippen LogP contribution in [-0.4, -0.2) is 17.3 Å². The van der Waals surface area contributed by atoms with Gasteiger partial charge in [-0.3, -0.25) is 0 Å². The predicted molar refractivity (Wildman–Crippen MR) is 99.2 cm³/mol. The van der Waals surface area contributed by atoms with Crippen molar-refractivity contribution in [2.75, 3.05) is 12.8 Å². The maximum atomic E-state index is 9.83. The number of aromatic hydroxyl groups is 2. The van der Waals surface area contributed by atoms with Crippen LogP contribution in [0.5, 0.6) is 17.2 Å². The summed E-state index contributed by atoms with van der Waals surface area (Å²) in [4.78, 5) is 0. The summed E-state index contributed by atoms with van der Waals surface area (Å²) >= 11 is 0. The smallest absolute Gasteiger partial charge is 0.161 e. The van der Waals surface area contributed by atoms with Crippen LogP contribution in [0.25, 0.3) is 12.2 Å². The number of allylic oxidation sites excluding steroid dienone is 2. The van der Waals surface area contributed by atoms with Gasteiger partial charge in [-0.2, -0.15) is 0 Å². The van der Waals surface area contributed by atoms with Gasteiger partial charge in [0.1, 0.15) is 5.75 Å². The molecule has 0 aliphatic rings. The second-order valence-electron chi connectivity index (χ2n) is 5.85. The molecular formula is C20H23NO3. The van der Waals surface area contributed by atoms with E-state index in [9.17, 15) is 10.2 Å². The summed E-state index contributed by atoms with van der Waals surface area (Å²) in [5.41, 5.74) is 10.5. The summed E-state index contributed by atoms with van der Waals surface area (Å²) in [6.45, 7) is 4.07. The zero-order valence-electron chi connectivity index (χ0n) is 14.2. The molecule has 0 bridgehead atoms. The van der Waals surface area contributed by atoms with Crippen molar-refractivity contribution in [3.8, 4) is 17.2 Å². The Bertz CT molecular complexity index is 788. The van der Waals surface area contributed by atoms with Crippen LogP contribution >= 0.6 is 0 Å². The van der Waals surface area contributed by atoms with Crippen LogP contribution in [0.15, 0.2) is 42.0 Å². The monoisotopic (exact) mass is 325 g/mol. The molecule has 0 aliphatic heterocycles. The molecule has 4 nitrogen and oxygen atoms in total. The number of hydrogen-bond donors (Lipinski definition) is 3. The zero-order valence-corrected chi connectivity index (χ0v) is 14.2. The Morgan fingerprint density at radius 3 is 2.54 bits per heavy atom. The zero-order chi connectivity index (χ0) is 17.7. The predicted octanol–water partition coefficient (Wildman–Crippen LogP) is 4.37. The molecule has 24 heavy (non-hydrogen) atoms. The van der Waals surface area contributed by atoms with E-state index in [2.05, 4.69) is 6.08 Å². The van der Waals surface area contributed by atoms with Gasteiger partial charge in [-0.25, -0.2) is 0 Å². The SMILES string of the molecule is COc1cc(C=Cc2cc(O)cc(N)c2CC=C(C)C)ccc1O. The van der Waals surface area contributed by atoms with E-state index < -0.39 is 0 Å². The van der Waals surface area contributed by atoms with E-state index in [1.807, 2.05) is 26.0 Å². The van der Waals surface area contributed by atoms with Gasteiger partial charge in [0, 0.05) is 11.8 Å². The summed E-state index contributed by atoms with van der Waals surface area (Å²) in [5.74, 6) is 0.647. The molecule has 126 valence electrons. The highest BCUT2D eigenvalue weighted by atomic mass is 16.5. The van der Waals surface area contributed by atoms with E-state index in [1.54, 1.807) is 30.3 Å². The Labute approximate surface area is 142 Å². The lowest BCUT2D eigenvalue weighted by atomic mass is 9.99. The number of benzene rings is 2. The van der Waals surface area contributed by atoms with Crippen LogP contribution < -0.4 is 10.5 Å². The Kier molecular flexibility index (Phi) is 5.53. The first-order valence-electron chi connectivity index (χ1n) is 7.70. The number of anilines is 1. The van der Waals surface area contributed by atoms with E-state index in [0.717, 1.165) is 16.7 Å². The van der Waals surface area contributed by atoms with Gasteiger partial charge < -0.3 is 20.7 Å². The maximum Gasteiger partial charge on any atom is 0.161 e. The average molecular weight is 325 g/mol. The van der Waals surface area contributed by atoms with Gasteiger partial charge in [0.2, 0.25) is 0 Å². The van der Waals surface area contributed by atoms with Crippen LogP contribution in [0.2, 0.25) is 0 Å². The molecule has 0 saturated heterocycles. The fraction of sp³-hybridized carbons (Fsp3) is 0.200. The molecule has 0 saturated carbocycles. The van der Waals surface area contributed by atoms with Crippen LogP contribution in [0.3, 0.4) is 0 Å². The first-order chi connectivity index (χ1) is 11.4. The normalized spacial score (nSPS) is 10.8. The number of phenolic OH excluding ortho intramolecular Hbond substituents is 2. The molecule has 0 aliphatic carbocycles. The van der Waals surface area contributed by atoms with Crippen molar-refractivity contribution in [3.05, 3.63) is 58.7 Å². The van der Waals surface area contributed by atoms with Gasteiger partial charge in [-0.05, 0) is 55.2 Å². The number of phenols is 2. The molecule has 0 spiro atoms. The molecule has 2 aromatic rings. The molecule has 0 radical (unpaired) electrons. The molecule has 0 heterocycles. The van der Waals surface area contributed by atoms with Crippen molar-refractivity contribution in [2.24, 2.45) is 0 Å². The lowest BCUT2D eigenvalue weighted by Gasteiger charge is -2.10. The second kappa shape index (κ2) is 7.59. The third kappa shape index (κ3) is 4.32. The molecule has 0 aromatic heterocycles. The Morgan fingerprint density at radius 2 is 1.88 bits per heavy atom. The third-order valence-corrected chi connectivity index (χ3v) is 3.68. The number of ether oxygens (including phenoxy) is 1. The number of methoxy groups -OCH3 is 1. The van der Waals surface area contributed by atoms with Crippen LogP contribution in [0.1, 0.15) is 30.5 Å². The van der Waals surface area contributed by atoms with Crippen molar-refractivity contribution in [1.82, 2.24) is 0 Å². The number of hydrogen-bond acceptors (Lipinski definition) is 4. The molecule has 4 N–H and O–H groups in total. The fourth-order valence-electron chi connectivity index (χ4n) is 2.38. The van der Waals surface area contributed by atoms with Gasteiger partial charge >= 0.3 is 0 Å². The first kappa shape index (κ1) is 17.5. The highest BCUT2D eigenvalue weighted by molar-refractivity contribution is 5.76. The Hall–Kier alpha value is -2.88. The van der Waals surface area contributed by atoms with Gasteiger partial charge in [0.05, 0.1) is 7.11 Å². The van der Waals surface area contributed by atoms with Gasteiger partial charge in [-0.1, -0.05) is 29.9 Å². The summed E-state index contributed by atoms with van der Waals surface area (Å²) in [5, 5.41) is 19.5. The summed E-state index contributed by atoms with van der Waals surface area (Å²) in [7, 11) is 1.51. The highest BCUT2D eigenvalue weighted by Gasteiger charge is 2.06. The summed E-state index contributed by atoms with van der Waals surface area (Å²) in [6.07, 6.45) is 6.59. The molecule has 0 unspecified atom stereocenters. The van der Waals surface area contributed by atoms with Crippen molar-refractivity contribution < 1.29 is 14.9 Å². The van der Waals surface area contributed by atoms with E-state index in [4.69, 9.17) is 10.5 Å². The topological polar surface area (TPSA) is 75.7 Å². The fourth-order valence-corrected chi connectivity index (χ4v) is 2.38. The van der Waals surface area contributed by atoms with Crippen molar-refractivity contribution >= 4 is 17.8 Å². The average Bonchev–Trinajstić information content (AvgIpc) is 2.52. The number of rotatable bonds is 5. The van der Waals surface area contributed by atoms with Crippen molar-refractivity contribution in [1.29, 1.82) is 0 Å². The molecule has 0 fully saturated rings. The van der Waals surface area contributed by atoms with E-state index in [0.29, 0.717) is 17.9 Å². The molecular weight excluding hydrogens is 302 g/mol. The lowest BCUT2D eigenvalue weighted by molar-refractivity contribution is 0.373. The van der Waals surface area contributed by atoms with Gasteiger partial charge in [0.15, 0.2) is 11.5 Å². The van der Waals surface area contributed by atoms with Gasteiger partial charge in [0.25, 0.3) is 0 Å². The van der Waals surface area contributed by atoms with E-state index >= 15 is 0 Å². The van der Waals surface area contributed by atoms with Crippen LogP contribution in [0, 0.1) is 0 Å². The van der Waals surface area contributed by atoms with Crippen molar-refractivity contribution in [2.45, 2.75) is 20.3 Å². The minimum absolute atomic E-state index is 0.0977. The van der Waals surface area contributed by atoms with E-state index in [-0.39, 0.29) is 11.5 Å². The van der Waals surface area contributed by atoms with E-state index in [1.165, 1.54) is 12.7 Å². The molecule has 4 heteroatoms. The lowest BCUT2D eigenvalue weighted by Crippen LogP contribution is -1.96. The maximum absolute atomic E-state index is 9.83. The Balaban J connectivity index is 2.39. The Morgan fingerprint density at radius 1 is 1.12 bits per heavy atom. The standard InChI is InChI=1S/C20H23NO3/c1-13(2)4-8-17-15(11-16(22)12-18(17)21)7-5-14-6-9-19(23)20(10-14)24-3/h4-7,9-12,22-23H,8,21H2,1-3H3. The highest BCUT2D eigenvalue weighted by Crippen LogP contribution is 2.29. The number of nitrogens with two attached hydrogens (primary N) is 1. The first-order valence-corrected chi connectivity index (χ1v) is 7.70. The van der Waals surface area contributed by atoms with Gasteiger partial charge in [-0.15, -0.1) is 0 Å². The van der Waals surface area contributed by atoms with Crippen LogP contribution in [-0.2, 0) is 6.42 Å².